The van der Waals surface area contributed by atoms with Crippen molar-refractivity contribution in [2.75, 3.05) is 7.05 Å². The predicted molar refractivity (Wildman–Crippen MR) is 101 cm³/mol. The molecule has 0 aliphatic heterocycles. The zero-order chi connectivity index (χ0) is 17.3. The zero-order valence-corrected chi connectivity index (χ0v) is 15.4. The lowest BCUT2D eigenvalue weighted by molar-refractivity contribution is 0.310. The molecule has 2 heterocycles. The molecule has 0 aliphatic carbocycles. The quantitative estimate of drug-likeness (QED) is 0.782. The molecule has 0 atom stereocenters. The first-order chi connectivity index (χ1) is 11.3. The Hall–Kier alpha value is -1.98. The second-order valence-corrected chi connectivity index (χ2v) is 8.18. The standard InChI is InChI=1S/C19H23N3OS/c1-19(2,3)14-7-5-13(6-8-14)11-22(4)12-16-20-15-9-10-24-17(15)18(23)21-16/h5-10H,11-12H2,1-4H3,(H,20,21,23). The topological polar surface area (TPSA) is 49.0 Å². The highest BCUT2D eigenvalue weighted by Crippen LogP contribution is 2.22. The van der Waals surface area contributed by atoms with Gasteiger partial charge in [-0.1, -0.05) is 45.0 Å². The minimum Gasteiger partial charge on any atom is -0.308 e. The molecular weight excluding hydrogens is 318 g/mol. The molecule has 0 unspecified atom stereocenters. The van der Waals surface area contributed by atoms with Gasteiger partial charge in [-0.05, 0) is 35.0 Å². The molecule has 0 saturated carbocycles. The third kappa shape index (κ3) is 3.74. The lowest BCUT2D eigenvalue weighted by Crippen LogP contribution is -2.21. The molecule has 5 heteroatoms. The minimum atomic E-state index is -0.0482. The molecule has 0 amide bonds. The van der Waals surface area contributed by atoms with Gasteiger partial charge in [0.15, 0.2) is 0 Å². The zero-order valence-electron chi connectivity index (χ0n) is 14.6. The summed E-state index contributed by atoms with van der Waals surface area (Å²) in [6.07, 6.45) is 0. The summed E-state index contributed by atoms with van der Waals surface area (Å²) in [5.74, 6) is 0.708. The normalized spacial score (nSPS) is 12.2. The summed E-state index contributed by atoms with van der Waals surface area (Å²) in [6, 6.07) is 10.6. The number of fused-ring (bicyclic) bond motifs is 1. The van der Waals surface area contributed by atoms with Crippen LogP contribution in [-0.2, 0) is 18.5 Å². The number of hydrogen-bond donors (Lipinski definition) is 1. The molecule has 1 aromatic carbocycles. The average Bonchev–Trinajstić information content (AvgIpc) is 2.95. The number of thiophene rings is 1. The van der Waals surface area contributed by atoms with Crippen molar-refractivity contribution in [1.29, 1.82) is 0 Å². The van der Waals surface area contributed by atoms with E-state index < -0.39 is 0 Å². The van der Waals surface area contributed by atoms with E-state index in [0.29, 0.717) is 17.1 Å². The maximum Gasteiger partial charge on any atom is 0.268 e. The predicted octanol–water partition coefficient (Wildman–Crippen LogP) is 3.91. The van der Waals surface area contributed by atoms with Gasteiger partial charge in [0.25, 0.3) is 5.56 Å². The highest BCUT2D eigenvalue weighted by molar-refractivity contribution is 7.17. The van der Waals surface area contributed by atoms with Gasteiger partial charge in [-0.2, -0.15) is 0 Å². The van der Waals surface area contributed by atoms with Gasteiger partial charge in [0.05, 0.1) is 12.1 Å². The van der Waals surface area contributed by atoms with Crippen LogP contribution in [-0.4, -0.2) is 21.9 Å². The van der Waals surface area contributed by atoms with Crippen LogP contribution >= 0.6 is 11.3 Å². The van der Waals surface area contributed by atoms with Crippen LogP contribution in [0.5, 0.6) is 0 Å². The fourth-order valence-corrected chi connectivity index (χ4v) is 3.46. The molecule has 4 nitrogen and oxygen atoms in total. The first-order valence-corrected chi connectivity index (χ1v) is 8.95. The van der Waals surface area contributed by atoms with Crippen molar-refractivity contribution in [2.45, 2.75) is 39.3 Å². The molecule has 2 aromatic heterocycles. The number of aromatic amines is 1. The summed E-state index contributed by atoms with van der Waals surface area (Å²) in [4.78, 5) is 21.6. The van der Waals surface area contributed by atoms with Gasteiger partial charge in [0.2, 0.25) is 0 Å². The fraction of sp³-hybridized carbons (Fsp3) is 0.368. The van der Waals surface area contributed by atoms with Crippen molar-refractivity contribution in [3.05, 3.63) is 63.0 Å². The maximum atomic E-state index is 12.0. The Morgan fingerprint density at radius 3 is 2.50 bits per heavy atom. The summed E-state index contributed by atoms with van der Waals surface area (Å²) in [5.41, 5.74) is 3.49. The number of aromatic nitrogens is 2. The van der Waals surface area contributed by atoms with E-state index in [2.05, 4.69) is 59.9 Å². The van der Waals surface area contributed by atoms with E-state index in [4.69, 9.17) is 0 Å². The van der Waals surface area contributed by atoms with Crippen LogP contribution in [0.15, 0.2) is 40.5 Å². The average molecular weight is 341 g/mol. The maximum absolute atomic E-state index is 12.0. The lowest BCUT2D eigenvalue weighted by atomic mass is 9.87. The molecule has 0 bridgehead atoms. The van der Waals surface area contributed by atoms with Crippen LogP contribution in [0.3, 0.4) is 0 Å². The third-order valence-electron chi connectivity index (χ3n) is 4.06. The first kappa shape index (κ1) is 16.9. The van der Waals surface area contributed by atoms with Crippen molar-refractivity contribution in [2.24, 2.45) is 0 Å². The van der Waals surface area contributed by atoms with Crippen molar-refractivity contribution in [3.63, 3.8) is 0 Å². The number of H-pyrrole nitrogens is 1. The molecular formula is C19H23N3OS. The summed E-state index contributed by atoms with van der Waals surface area (Å²) < 4.78 is 0.694. The van der Waals surface area contributed by atoms with Gasteiger partial charge >= 0.3 is 0 Å². The summed E-state index contributed by atoms with van der Waals surface area (Å²) >= 11 is 1.43. The van der Waals surface area contributed by atoms with E-state index in [-0.39, 0.29) is 11.0 Å². The first-order valence-electron chi connectivity index (χ1n) is 8.07. The van der Waals surface area contributed by atoms with Crippen LogP contribution in [0.4, 0.5) is 0 Å². The molecule has 126 valence electrons. The molecule has 0 aliphatic rings. The van der Waals surface area contributed by atoms with Gasteiger partial charge in [0.1, 0.15) is 10.5 Å². The van der Waals surface area contributed by atoms with Crippen LogP contribution in [0, 0.1) is 0 Å². The van der Waals surface area contributed by atoms with Crippen molar-refractivity contribution >= 4 is 21.6 Å². The Balaban J connectivity index is 1.70. The molecule has 3 rings (SSSR count). The van der Waals surface area contributed by atoms with Crippen LogP contribution in [0.1, 0.15) is 37.7 Å². The number of rotatable bonds is 4. The van der Waals surface area contributed by atoms with Crippen molar-refractivity contribution < 1.29 is 0 Å². The van der Waals surface area contributed by atoms with E-state index in [1.807, 2.05) is 18.5 Å². The van der Waals surface area contributed by atoms with E-state index in [1.54, 1.807) is 0 Å². The largest absolute Gasteiger partial charge is 0.308 e. The van der Waals surface area contributed by atoms with Crippen molar-refractivity contribution in [1.82, 2.24) is 14.9 Å². The van der Waals surface area contributed by atoms with Gasteiger partial charge in [-0.3, -0.25) is 9.69 Å². The molecule has 1 N–H and O–H groups in total. The van der Waals surface area contributed by atoms with Crippen LogP contribution in [0.25, 0.3) is 10.2 Å². The highest BCUT2D eigenvalue weighted by atomic mass is 32.1. The van der Waals surface area contributed by atoms with Gasteiger partial charge in [-0.25, -0.2) is 4.98 Å². The van der Waals surface area contributed by atoms with Crippen molar-refractivity contribution in [3.8, 4) is 0 Å². The molecule has 3 aromatic rings. The van der Waals surface area contributed by atoms with Crippen LogP contribution < -0.4 is 5.56 Å². The molecule has 24 heavy (non-hydrogen) atoms. The van der Waals surface area contributed by atoms with E-state index >= 15 is 0 Å². The SMILES string of the molecule is CN(Cc1ccc(C(C)(C)C)cc1)Cc1nc2ccsc2c(=O)[nH]1. The van der Waals surface area contributed by atoms with E-state index in [0.717, 1.165) is 12.1 Å². The van der Waals surface area contributed by atoms with Gasteiger partial charge in [0, 0.05) is 6.54 Å². The Morgan fingerprint density at radius 2 is 1.83 bits per heavy atom. The number of nitrogens with one attached hydrogen (secondary N) is 1. The number of hydrogen-bond acceptors (Lipinski definition) is 4. The number of benzene rings is 1. The Kier molecular flexibility index (Phi) is 4.56. The molecule has 0 saturated heterocycles. The lowest BCUT2D eigenvalue weighted by Gasteiger charge is -2.20. The van der Waals surface area contributed by atoms with Gasteiger partial charge in [-0.15, -0.1) is 11.3 Å². The summed E-state index contributed by atoms with van der Waals surface area (Å²) in [7, 11) is 2.04. The van der Waals surface area contributed by atoms with Crippen LogP contribution in [0.2, 0.25) is 0 Å². The third-order valence-corrected chi connectivity index (χ3v) is 4.96. The number of nitrogens with zero attached hydrogens (tertiary/aromatic N) is 2. The molecule has 0 radical (unpaired) electrons. The monoisotopic (exact) mass is 341 g/mol. The Bertz CT molecular complexity index is 887. The van der Waals surface area contributed by atoms with E-state index in [1.165, 1.54) is 22.5 Å². The summed E-state index contributed by atoms with van der Waals surface area (Å²) in [5, 5.41) is 1.90. The highest BCUT2D eigenvalue weighted by Gasteiger charge is 2.13. The second kappa shape index (κ2) is 6.49. The van der Waals surface area contributed by atoms with Gasteiger partial charge < -0.3 is 4.98 Å². The second-order valence-electron chi connectivity index (χ2n) is 7.27. The molecule has 0 fully saturated rings. The van der Waals surface area contributed by atoms with E-state index in [9.17, 15) is 4.79 Å². The minimum absolute atomic E-state index is 0.0482. The Morgan fingerprint density at radius 1 is 1.12 bits per heavy atom. The fourth-order valence-electron chi connectivity index (χ4n) is 2.73. The smallest absolute Gasteiger partial charge is 0.268 e. The summed E-state index contributed by atoms with van der Waals surface area (Å²) in [6.45, 7) is 8.09. The molecule has 0 spiro atoms. The Labute approximate surface area is 146 Å².